The van der Waals surface area contributed by atoms with Gasteiger partial charge in [0.2, 0.25) is 5.16 Å². The molecule has 0 N–H and O–H groups in total. The Kier molecular flexibility index (Phi) is 4.93. The van der Waals surface area contributed by atoms with Gasteiger partial charge in [-0.05, 0) is 46.8 Å². The Morgan fingerprint density at radius 1 is 1.10 bits per heavy atom. The van der Waals surface area contributed by atoms with Crippen LogP contribution in [-0.4, -0.2) is 42.6 Å². The standard InChI is InChI=1S/C19H16N6O4S/c26-18(12-30-19-20-22-23-24(19)11-13-4-1-7-27-13)25-15(17-6-3-9-29-17)10-14(21-25)16-5-2-8-28-16/h1-9,15H,10-12H2. The van der Waals surface area contributed by atoms with Gasteiger partial charge in [0.05, 0.1) is 24.5 Å². The molecule has 1 unspecified atom stereocenters. The van der Waals surface area contributed by atoms with Crippen LogP contribution in [0.3, 0.4) is 0 Å². The van der Waals surface area contributed by atoms with Gasteiger partial charge in [0.1, 0.15) is 35.6 Å². The lowest BCUT2D eigenvalue weighted by molar-refractivity contribution is -0.130. The van der Waals surface area contributed by atoms with E-state index in [1.165, 1.54) is 16.8 Å². The Labute approximate surface area is 174 Å². The maximum Gasteiger partial charge on any atom is 0.253 e. The van der Waals surface area contributed by atoms with Gasteiger partial charge in [-0.3, -0.25) is 4.79 Å². The third-order valence-corrected chi connectivity index (χ3v) is 5.49. The molecule has 0 saturated carbocycles. The van der Waals surface area contributed by atoms with E-state index in [4.69, 9.17) is 13.3 Å². The van der Waals surface area contributed by atoms with E-state index in [-0.39, 0.29) is 17.7 Å². The summed E-state index contributed by atoms with van der Waals surface area (Å²) >= 11 is 1.24. The lowest BCUT2D eigenvalue weighted by Gasteiger charge is -2.19. The van der Waals surface area contributed by atoms with Gasteiger partial charge in [-0.1, -0.05) is 11.8 Å². The van der Waals surface area contributed by atoms with Gasteiger partial charge in [0.25, 0.3) is 5.91 Å². The molecule has 0 bridgehead atoms. The summed E-state index contributed by atoms with van der Waals surface area (Å²) in [7, 11) is 0. The number of hydrazone groups is 1. The number of aromatic nitrogens is 4. The second-order valence-electron chi connectivity index (χ2n) is 6.48. The second kappa shape index (κ2) is 8.03. The molecule has 1 atom stereocenters. The van der Waals surface area contributed by atoms with Gasteiger partial charge in [-0.15, -0.1) is 5.10 Å². The first-order valence-electron chi connectivity index (χ1n) is 9.16. The third kappa shape index (κ3) is 3.66. The molecule has 0 aliphatic carbocycles. The topological polar surface area (TPSA) is 116 Å². The molecule has 10 nitrogen and oxygen atoms in total. The van der Waals surface area contributed by atoms with Crippen molar-refractivity contribution in [2.24, 2.45) is 5.10 Å². The number of hydrogen-bond acceptors (Lipinski definition) is 9. The number of rotatable bonds is 7. The molecule has 0 radical (unpaired) electrons. The Morgan fingerprint density at radius 2 is 1.93 bits per heavy atom. The van der Waals surface area contributed by atoms with Crippen molar-refractivity contribution in [3.63, 3.8) is 0 Å². The summed E-state index contributed by atoms with van der Waals surface area (Å²) in [5.74, 6) is 1.96. The van der Waals surface area contributed by atoms with E-state index in [0.29, 0.717) is 35.4 Å². The zero-order valence-electron chi connectivity index (χ0n) is 15.6. The quantitative estimate of drug-likeness (QED) is 0.416. The minimum Gasteiger partial charge on any atom is -0.467 e. The molecule has 1 aliphatic heterocycles. The van der Waals surface area contributed by atoms with E-state index < -0.39 is 0 Å². The van der Waals surface area contributed by atoms with E-state index in [1.807, 2.05) is 18.2 Å². The molecule has 11 heteroatoms. The predicted molar refractivity (Wildman–Crippen MR) is 105 cm³/mol. The molecule has 0 fully saturated rings. The highest BCUT2D eigenvalue weighted by Gasteiger charge is 2.35. The fraction of sp³-hybridized carbons (Fsp3) is 0.211. The highest BCUT2D eigenvalue weighted by atomic mass is 32.2. The van der Waals surface area contributed by atoms with Crippen molar-refractivity contribution in [2.45, 2.75) is 24.2 Å². The third-order valence-electron chi connectivity index (χ3n) is 4.55. The van der Waals surface area contributed by atoms with Crippen LogP contribution in [0, 0.1) is 0 Å². The number of carbonyl (C=O) groups excluding carboxylic acids is 1. The first kappa shape index (κ1) is 18.4. The van der Waals surface area contributed by atoms with E-state index >= 15 is 0 Å². The fourth-order valence-electron chi connectivity index (χ4n) is 3.18. The van der Waals surface area contributed by atoms with Crippen LogP contribution in [0.4, 0.5) is 0 Å². The Bertz CT molecular complexity index is 1130. The Hall–Kier alpha value is -3.60. The summed E-state index contributed by atoms with van der Waals surface area (Å²) in [6, 6.07) is 10.6. The van der Waals surface area contributed by atoms with E-state index in [9.17, 15) is 4.79 Å². The lowest BCUT2D eigenvalue weighted by atomic mass is 10.1. The van der Waals surface area contributed by atoms with Gasteiger partial charge in [-0.2, -0.15) is 5.10 Å². The Morgan fingerprint density at radius 3 is 2.70 bits per heavy atom. The summed E-state index contributed by atoms with van der Waals surface area (Å²) in [6.07, 6.45) is 5.26. The average molecular weight is 424 g/mol. The van der Waals surface area contributed by atoms with Gasteiger partial charge in [-0.25, -0.2) is 9.69 Å². The fourth-order valence-corrected chi connectivity index (χ4v) is 3.91. The molecule has 0 aromatic carbocycles. The second-order valence-corrected chi connectivity index (χ2v) is 7.43. The summed E-state index contributed by atoms with van der Waals surface area (Å²) in [5, 5.41) is 18.1. The van der Waals surface area contributed by atoms with Crippen LogP contribution in [0.2, 0.25) is 0 Å². The maximum atomic E-state index is 13.0. The van der Waals surface area contributed by atoms with Gasteiger partial charge in [0.15, 0.2) is 0 Å². The normalized spacial score (nSPS) is 16.2. The largest absolute Gasteiger partial charge is 0.467 e. The first-order valence-corrected chi connectivity index (χ1v) is 10.1. The molecule has 1 amide bonds. The summed E-state index contributed by atoms with van der Waals surface area (Å²) in [6.45, 7) is 0.385. The molecule has 0 saturated heterocycles. The van der Waals surface area contributed by atoms with Crippen molar-refractivity contribution in [3.8, 4) is 0 Å². The van der Waals surface area contributed by atoms with Crippen LogP contribution < -0.4 is 0 Å². The van der Waals surface area contributed by atoms with Crippen molar-refractivity contribution < 1.29 is 18.0 Å². The number of tetrazole rings is 1. The SMILES string of the molecule is O=C(CSc1nnnn1Cc1ccco1)N1N=C(c2ccco2)CC1c1ccco1. The van der Waals surface area contributed by atoms with Crippen LogP contribution in [0.25, 0.3) is 0 Å². The monoisotopic (exact) mass is 424 g/mol. The van der Waals surface area contributed by atoms with E-state index in [0.717, 1.165) is 5.76 Å². The average Bonchev–Trinajstić information content (AvgIpc) is 3.57. The molecule has 1 aliphatic rings. The van der Waals surface area contributed by atoms with E-state index in [2.05, 4.69) is 20.6 Å². The lowest BCUT2D eigenvalue weighted by Crippen LogP contribution is -2.28. The van der Waals surface area contributed by atoms with Crippen molar-refractivity contribution in [1.29, 1.82) is 0 Å². The van der Waals surface area contributed by atoms with Gasteiger partial charge < -0.3 is 13.3 Å². The van der Waals surface area contributed by atoms with Crippen molar-refractivity contribution in [1.82, 2.24) is 25.2 Å². The van der Waals surface area contributed by atoms with Crippen molar-refractivity contribution >= 4 is 23.4 Å². The first-order chi connectivity index (χ1) is 14.8. The highest BCUT2D eigenvalue weighted by Crippen LogP contribution is 2.34. The van der Waals surface area contributed by atoms with Crippen LogP contribution in [0.5, 0.6) is 0 Å². The molecular weight excluding hydrogens is 408 g/mol. The molecule has 0 spiro atoms. The number of carbonyl (C=O) groups is 1. The molecule has 30 heavy (non-hydrogen) atoms. The molecule has 4 aromatic heterocycles. The minimum atomic E-state index is -0.327. The van der Waals surface area contributed by atoms with Gasteiger partial charge in [0, 0.05) is 6.42 Å². The van der Waals surface area contributed by atoms with Crippen molar-refractivity contribution in [2.75, 3.05) is 5.75 Å². The number of amides is 1. The molecule has 5 rings (SSSR count). The van der Waals surface area contributed by atoms with Gasteiger partial charge >= 0.3 is 0 Å². The maximum absolute atomic E-state index is 13.0. The zero-order valence-corrected chi connectivity index (χ0v) is 16.4. The van der Waals surface area contributed by atoms with Crippen molar-refractivity contribution in [3.05, 3.63) is 72.5 Å². The molecular formula is C19H16N6O4S. The number of hydrogen-bond donors (Lipinski definition) is 0. The van der Waals surface area contributed by atoms with E-state index in [1.54, 1.807) is 41.7 Å². The number of thioether (sulfide) groups is 1. The summed E-state index contributed by atoms with van der Waals surface area (Å²) in [4.78, 5) is 13.0. The predicted octanol–water partition coefficient (Wildman–Crippen LogP) is 2.97. The van der Waals surface area contributed by atoms with Crippen LogP contribution >= 0.6 is 11.8 Å². The molecule has 5 heterocycles. The number of nitrogens with zero attached hydrogens (tertiary/aromatic N) is 6. The smallest absolute Gasteiger partial charge is 0.253 e. The van der Waals surface area contributed by atoms with Crippen LogP contribution in [0.1, 0.15) is 29.7 Å². The summed E-state index contributed by atoms with van der Waals surface area (Å²) < 4.78 is 17.9. The van der Waals surface area contributed by atoms with Crippen LogP contribution in [-0.2, 0) is 11.3 Å². The zero-order chi connectivity index (χ0) is 20.3. The molecule has 4 aromatic rings. The summed E-state index contributed by atoms with van der Waals surface area (Å²) in [5.41, 5.74) is 0.697. The Balaban J connectivity index is 1.31. The minimum absolute atomic E-state index is 0.116. The molecule has 152 valence electrons. The highest BCUT2D eigenvalue weighted by molar-refractivity contribution is 7.99. The number of furan rings is 3. The van der Waals surface area contributed by atoms with Crippen LogP contribution in [0.15, 0.2) is 78.7 Å².